The van der Waals surface area contributed by atoms with Gasteiger partial charge in [-0.2, -0.15) is 0 Å². The highest BCUT2D eigenvalue weighted by molar-refractivity contribution is 5.66. The monoisotopic (exact) mass is 296 g/mol. The van der Waals surface area contributed by atoms with E-state index in [1.165, 1.54) is 11.1 Å². The third kappa shape index (κ3) is 5.05. The highest BCUT2D eigenvalue weighted by atomic mass is 16.5. The minimum Gasteiger partial charge on any atom is -0.497 e. The number of allylic oxidation sites excluding steroid dienone is 1. The number of ether oxygens (including phenoxy) is 2. The Kier molecular flexibility index (Phi) is 6.72. The Morgan fingerprint density at radius 2 is 1.73 bits per heavy atom. The third-order valence-electron chi connectivity index (χ3n) is 3.51. The Morgan fingerprint density at radius 3 is 2.36 bits per heavy atom. The molecule has 0 aliphatic heterocycles. The molecule has 2 rings (SSSR count). The van der Waals surface area contributed by atoms with Crippen molar-refractivity contribution in [2.75, 3.05) is 13.7 Å². The number of methoxy groups -OCH3 is 1. The van der Waals surface area contributed by atoms with Gasteiger partial charge < -0.3 is 9.47 Å². The van der Waals surface area contributed by atoms with Crippen molar-refractivity contribution in [3.63, 3.8) is 0 Å². The molecular weight excluding hydrogens is 272 g/mol. The molecule has 0 heterocycles. The molecule has 0 amide bonds. The van der Waals surface area contributed by atoms with Crippen LogP contribution in [0.2, 0.25) is 0 Å². The number of hydrogen-bond acceptors (Lipinski definition) is 2. The van der Waals surface area contributed by atoms with Gasteiger partial charge in [0.15, 0.2) is 0 Å². The Bertz CT molecular complexity index is 570. The SMILES string of the molecule is CCC/C=C(/COCc1ccc(OC)cc1)c1ccccc1. The standard InChI is InChI=1S/C20H24O2/c1-3-4-8-19(18-9-6-5-7-10-18)16-22-15-17-11-13-20(21-2)14-12-17/h5-14H,3-4,15-16H2,1-2H3/b19-8-. The topological polar surface area (TPSA) is 18.5 Å². The third-order valence-corrected chi connectivity index (χ3v) is 3.51. The van der Waals surface area contributed by atoms with Crippen LogP contribution < -0.4 is 4.74 Å². The van der Waals surface area contributed by atoms with E-state index in [0.29, 0.717) is 13.2 Å². The van der Waals surface area contributed by atoms with Gasteiger partial charge in [-0.15, -0.1) is 0 Å². The molecule has 22 heavy (non-hydrogen) atoms. The van der Waals surface area contributed by atoms with E-state index in [9.17, 15) is 0 Å². The second-order valence-corrected chi connectivity index (χ2v) is 5.22. The molecule has 0 fully saturated rings. The first kappa shape index (κ1) is 16.3. The zero-order valence-electron chi connectivity index (χ0n) is 13.4. The second kappa shape index (κ2) is 9.06. The van der Waals surface area contributed by atoms with Crippen LogP contribution in [0.3, 0.4) is 0 Å². The molecule has 2 aromatic rings. The number of hydrogen-bond donors (Lipinski definition) is 0. The van der Waals surface area contributed by atoms with Crippen LogP contribution in [0.5, 0.6) is 5.75 Å². The molecule has 0 saturated heterocycles. The molecule has 0 aliphatic carbocycles. The maximum Gasteiger partial charge on any atom is 0.118 e. The van der Waals surface area contributed by atoms with Gasteiger partial charge in [0.1, 0.15) is 5.75 Å². The van der Waals surface area contributed by atoms with Crippen LogP contribution in [0.15, 0.2) is 60.7 Å². The predicted octanol–water partition coefficient (Wildman–Crippen LogP) is 5.10. The van der Waals surface area contributed by atoms with Crippen molar-refractivity contribution in [3.05, 3.63) is 71.8 Å². The molecule has 0 unspecified atom stereocenters. The van der Waals surface area contributed by atoms with Gasteiger partial charge in [0.25, 0.3) is 0 Å². The summed E-state index contributed by atoms with van der Waals surface area (Å²) in [6, 6.07) is 18.5. The predicted molar refractivity (Wildman–Crippen MR) is 92.0 cm³/mol. The molecular formula is C20H24O2. The van der Waals surface area contributed by atoms with E-state index in [1.807, 2.05) is 30.3 Å². The van der Waals surface area contributed by atoms with Gasteiger partial charge in [-0.25, -0.2) is 0 Å². The van der Waals surface area contributed by atoms with Gasteiger partial charge in [0.2, 0.25) is 0 Å². The van der Waals surface area contributed by atoms with Gasteiger partial charge in [-0.1, -0.05) is 61.9 Å². The summed E-state index contributed by atoms with van der Waals surface area (Å²) in [6.07, 6.45) is 4.51. The zero-order chi connectivity index (χ0) is 15.6. The summed E-state index contributed by atoms with van der Waals surface area (Å²) in [5, 5.41) is 0. The molecule has 2 aromatic carbocycles. The fourth-order valence-corrected chi connectivity index (χ4v) is 2.23. The first-order valence-corrected chi connectivity index (χ1v) is 7.78. The summed E-state index contributed by atoms with van der Waals surface area (Å²) < 4.78 is 11.1. The van der Waals surface area contributed by atoms with Gasteiger partial charge in [-0.3, -0.25) is 0 Å². The first-order valence-electron chi connectivity index (χ1n) is 7.78. The minimum atomic E-state index is 0.611. The molecule has 0 aromatic heterocycles. The van der Waals surface area contributed by atoms with Gasteiger partial charge in [0.05, 0.1) is 20.3 Å². The lowest BCUT2D eigenvalue weighted by Crippen LogP contribution is -1.99. The molecule has 0 atom stereocenters. The molecule has 2 heteroatoms. The summed E-state index contributed by atoms with van der Waals surface area (Å²) in [5.74, 6) is 0.872. The average molecular weight is 296 g/mol. The smallest absolute Gasteiger partial charge is 0.118 e. The van der Waals surface area contributed by atoms with Crippen molar-refractivity contribution >= 4 is 5.57 Å². The average Bonchev–Trinajstić information content (AvgIpc) is 2.59. The summed E-state index contributed by atoms with van der Waals surface area (Å²) in [7, 11) is 1.68. The molecule has 0 radical (unpaired) electrons. The lowest BCUT2D eigenvalue weighted by molar-refractivity contribution is 0.153. The molecule has 116 valence electrons. The quantitative estimate of drug-likeness (QED) is 0.675. The molecule has 0 bridgehead atoms. The molecule has 0 saturated carbocycles. The Morgan fingerprint density at radius 1 is 1.00 bits per heavy atom. The van der Waals surface area contributed by atoms with E-state index >= 15 is 0 Å². The zero-order valence-corrected chi connectivity index (χ0v) is 13.4. The van der Waals surface area contributed by atoms with Crippen LogP contribution in [0.1, 0.15) is 30.9 Å². The lowest BCUT2D eigenvalue weighted by Gasteiger charge is -2.10. The molecule has 0 aliphatic rings. The Balaban J connectivity index is 1.93. The van der Waals surface area contributed by atoms with E-state index in [0.717, 1.165) is 24.2 Å². The lowest BCUT2D eigenvalue weighted by atomic mass is 10.1. The number of unbranched alkanes of at least 4 members (excludes halogenated alkanes) is 1. The highest BCUT2D eigenvalue weighted by Crippen LogP contribution is 2.17. The second-order valence-electron chi connectivity index (χ2n) is 5.22. The van der Waals surface area contributed by atoms with Gasteiger partial charge in [0, 0.05) is 0 Å². The van der Waals surface area contributed by atoms with Crippen LogP contribution >= 0.6 is 0 Å². The fraction of sp³-hybridized carbons (Fsp3) is 0.300. The number of benzene rings is 2. The molecule has 0 N–H and O–H groups in total. The largest absolute Gasteiger partial charge is 0.497 e. The van der Waals surface area contributed by atoms with Crippen LogP contribution in [-0.2, 0) is 11.3 Å². The van der Waals surface area contributed by atoms with Crippen LogP contribution in [-0.4, -0.2) is 13.7 Å². The molecule has 0 spiro atoms. The summed E-state index contributed by atoms with van der Waals surface area (Å²) >= 11 is 0. The summed E-state index contributed by atoms with van der Waals surface area (Å²) in [6.45, 7) is 3.44. The van der Waals surface area contributed by atoms with E-state index in [4.69, 9.17) is 9.47 Å². The van der Waals surface area contributed by atoms with E-state index < -0.39 is 0 Å². The van der Waals surface area contributed by atoms with E-state index in [-0.39, 0.29) is 0 Å². The van der Waals surface area contributed by atoms with Gasteiger partial charge >= 0.3 is 0 Å². The van der Waals surface area contributed by atoms with Crippen LogP contribution in [0.4, 0.5) is 0 Å². The molecule has 2 nitrogen and oxygen atoms in total. The van der Waals surface area contributed by atoms with Crippen molar-refractivity contribution in [1.29, 1.82) is 0 Å². The van der Waals surface area contributed by atoms with Crippen molar-refractivity contribution in [2.45, 2.75) is 26.4 Å². The fourth-order valence-electron chi connectivity index (χ4n) is 2.23. The van der Waals surface area contributed by atoms with E-state index in [1.54, 1.807) is 7.11 Å². The van der Waals surface area contributed by atoms with Crippen LogP contribution in [0.25, 0.3) is 5.57 Å². The summed E-state index contributed by atoms with van der Waals surface area (Å²) in [5.41, 5.74) is 3.66. The van der Waals surface area contributed by atoms with Gasteiger partial charge in [-0.05, 0) is 35.3 Å². The Hall–Kier alpha value is -2.06. The van der Waals surface area contributed by atoms with Crippen molar-refractivity contribution in [1.82, 2.24) is 0 Å². The van der Waals surface area contributed by atoms with E-state index in [2.05, 4.69) is 37.3 Å². The minimum absolute atomic E-state index is 0.611. The van der Waals surface area contributed by atoms with Crippen molar-refractivity contribution in [2.24, 2.45) is 0 Å². The highest BCUT2D eigenvalue weighted by Gasteiger charge is 2.02. The maximum absolute atomic E-state index is 5.90. The Labute approximate surface area is 133 Å². The van der Waals surface area contributed by atoms with Crippen molar-refractivity contribution in [3.8, 4) is 5.75 Å². The maximum atomic E-state index is 5.90. The normalized spacial score (nSPS) is 11.5. The number of rotatable bonds is 8. The first-order chi connectivity index (χ1) is 10.8. The van der Waals surface area contributed by atoms with Crippen molar-refractivity contribution < 1.29 is 9.47 Å². The summed E-state index contributed by atoms with van der Waals surface area (Å²) in [4.78, 5) is 0. The van der Waals surface area contributed by atoms with Crippen LogP contribution in [0, 0.1) is 0 Å².